The summed E-state index contributed by atoms with van der Waals surface area (Å²) in [5.74, 6) is 1.23. The van der Waals surface area contributed by atoms with Gasteiger partial charge in [0.05, 0.1) is 12.2 Å². The summed E-state index contributed by atoms with van der Waals surface area (Å²) in [6, 6.07) is 0. The molecule has 3 fully saturated rings. The van der Waals surface area contributed by atoms with Crippen molar-refractivity contribution in [1.29, 1.82) is 0 Å². The molecule has 0 amide bonds. The monoisotopic (exact) mass is 470 g/mol. The number of hydrogen-bond acceptors (Lipinski definition) is 3. The van der Waals surface area contributed by atoms with Gasteiger partial charge in [-0.1, -0.05) is 44.6 Å². The average molecular weight is 471 g/mol. The summed E-state index contributed by atoms with van der Waals surface area (Å²) in [7, 11) is 0. The molecule has 188 valence electrons. The molecule has 0 aliphatic heterocycles. The van der Waals surface area contributed by atoms with Gasteiger partial charge in [-0.25, -0.2) is 0 Å². The Morgan fingerprint density at radius 3 is 2.58 bits per heavy atom. The second kappa shape index (κ2) is 9.87. The van der Waals surface area contributed by atoms with Crippen molar-refractivity contribution in [2.45, 2.75) is 109 Å². The standard InChI is InChI=1S/C27H41F3O3/c1-17(7-5-14-26(4,33)27(28,29)30)22-11-12-23-19(8-6-13-25(22,23)3)9-10-20-15-21(31)16-24(32)18(20)2/h9-10,17,21-24,31-33H,2,5-8,11-16H2,1,3-4H3/b19-9+,20-10-/t17-,21-,22-,23+,24+,25-,26+/m1/s1. The van der Waals surface area contributed by atoms with E-state index in [0.29, 0.717) is 49.0 Å². The maximum atomic E-state index is 13.0. The Bertz CT molecular complexity index is 782. The fourth-order valence-corrected chi connectivity index (χ4v) is 6.79. The van der Waals surface area contributed by atoms with Crippen molar-refractivity contribution in [2.24, 2.45) is 23.2 Å². The van der Waals surface area contributed by atoms with Crippen molar-refractivity contribution in [1.82, 2.24) is 0 Å². The molecule has 3 aliphatic rings. The molecule has 3 rings (SSSR count). The third-order valence-corrected chi connectivity index (χ3v) is 8.92. The predicted octanol–water partition coefficient (Wildman–Crippen LogP) is 6.25. The van der Waals surface area contributed by atoms with Crippen molar-refractivity contribution in [2.75, 3.05) is 0 Å². The topological polar surface area (TPSA) is 60.7 Å². The lowest BCUT2D eigenvalue weighted by molar-refractivity contribution is -0.255. The van der Waals surface area contributed by atoms with E-state index in [9.17, 15) is 28.5 Å². The van der Waals surface area contributed by atoms with Gasteiger partial charge in [-0.05, 0) is 92.6 Å². The van der Waals surface area contributed by atoms with Crippen molar-refractivity contribution >= 4 is 0 Å². The third kappa shape index (κ3) is 5.59. The van der Waals surface area contributed by atoms with E-state index < -0.39 is 24.0 Å². The van der Waals surface area contributed by atoms with E-state index in [0.717, 1.165) is 44.6 Å². The first kappa shape index (κ1) is 26.5. The highest BCUT2D eigenvalue weighted by atomic mass is 19.4. The molecule has 3 saturated carbocycles. The highest BCUT2D eigenvalue weighted by Crippen LogP contribution is 2.60. The molecule has 7 atom stereocenters. The largest absolute Gasteiger partial charge is 0.416 e. The summed E-state index contributed by atoms with van der Waals surface area (Å²) < 4.78 is 38.9. The van der Waals surface area contributed by atoms with Gasteiger partial charge in [-0.3, -0.25) is 0 Å². The van der Waals surface area contributed by atoms with E-state index in [-0.39, 0.29) is 11.8 Å². The summed E-state index contributed by atoms with van der Waals surface area (Å²) in [5.41, 5.74) is 0.544. The molecule has 0 unspecified atom stereocenters. The fraction of sp³-hybridized carbons (Fsp3) is 0.778. The van der Waals surface area contributed by atoms with Crippen molar-refractivity contribution < 1.29 is 28.5 Å². The van der Waals surface area contributed by atoms with Gasteiger partial charge >= 0.3 is 6.18 Å². The number of alkyl halides is 3. The number of hydrogen-bond donors (Lipinski definition) is 3. The summed E-state index contributed by atoms with van der Waals surface area (Å²) in [6.07, 6.45) is 5.49. The summed E-state index contributed by atoms with van der Waals surface area (Å²) in [4.78, 5) is 0. The van der Waals surface area contributed by atoms with Crippen LogP contribution in [0.5, 0.6) is 0 Å². The van der Waals surface area contributed by atoms with Gasteiger partial charge in [0.2, 0.25) is 0 Å². The van der Waals surface area contributed by atoms with Crippen LogP contribution >= 0.6 is 0 Å². The molecule has 0 aromatic rings. The first-order valence-corrected chi connectivity index (χ1v) is 12.5. The highest BCUT2D eigenvalue weighted by Gasteiger charge is 2.51. The van der Waals surface area contributed by atoms with Gasteiger partial charge in [0.15, 0.2) is 5.60 Å². The van der Waals surface area contributed by atoms with Crippen LogP contribution in [-0.2, 0) is 0 Å². The van der Waals surface area contributed by atoms with Crippen LogP contribution in [0.1, 0.15) is 85.0 Å². The number of halogens is 3. The molecular formula is C27H41F3O3. The Hall–Kier alpha value is -1.11. The minimum Gasteiger partial charge on any atom is -0.393 e. The average Bonchev–Trinajstić information content (AvgIpc) is 3.06. The van der Waals surface area contributed by atoms with Gasteiger partial charge in [-0.15, -0.1) is 0 Å². The predicted molar refractivity (Wildman–Crippen MR) is 124 cm³/mol. The molecule has 3 aliphatic carbocycles. The maximum absolute atomic E-state index is 13.0. The fourth-order valence-electron chi connectivity index (χ4n) is 6.79. The van der Waals surface area contributed by atoms with E-state index in [4.69, 9.17) is 0 Å². The Kier molecular flexibility index (Phi) is 7.92. The summed E-state index contributed by atoms with van der Waals surface area (Å²) in [6.45, 7) is 9.39. The molecule has 3 nitrogen and oxygen atoms in total. The lowest BCUT2D eigenvalue weighted by Crippen LogP contribution is -2.42. The number of aliphatic hydroxyl groups is 3. The molecule has 0 bridgehead atoms. The molecule has 6 heteroatoms. The lowest BCUT2D eigenvalue weighted by Gasteiger charge is -2.44. The molecule has 0 heterocycles. The second-order valence-electron chi connectivity index (χ2n) is 11.3. The van der Waals surface area contributed by atoms with Crippen LogP contribution in [0, 0.1) is 23.2 Å². The molecule has 0 radical (unpaired) electrons. The van der Waals surface area contributed by atoms with E-state index in [1.54, 1.807) is 0 Å². The normalized spacial score (nSPS) is 38.4. The van der Waals surface area contributed by atoms with Crippen LogP contribution in [0.2, 0.25) is 0 Å². The zero-order valence-corrected chi connectivity index (χ0v) is 20.3. The molecule has 0 aromatic heterocycles. The molecule has 3 N–H and O–H groups in total. The van der Waals surface area contributed by atoms with Crippen LogP contribution in [0.3, 0.4) is 0 Å². The minimum absolute atomic E-state index is 0.136. The van der Waals surface area contributed by atoms with E-state index in [2.05, 4.69) is 26.5 Å². The summed E-state index contributed by atoms with van der Waals surface area (Å²) in [5, 5.41) is 29.9. The Morgan fingerprint density at radius 2 is 1.91 bits per heavy atom. The Balaban J connectivity index is 1.67. The van der Waals surface area contributed by atoms with E-state index >= 15 is 0 Å². The number of rotatable bonds is 6. The van der Waals surface area contributed by atoms with Crippen LogP contribution < -0.4 is 0 Å². The van der Waals surface area contributed by atoms with Gasteiger partial charge in [0.25, 0.3) is 0 Å². The van der Waals surface area contributed by atoms with Gasteiger partial charge < -0.3 is 15.3 Å². The third-order valence-electron chi connectivity index (χ3n) is 8.92. The first-order valence-electron chi connectivity index (χ1n) is 12.5. The van der Waals surface area contributed by atoms with Crippen molar-refractivity contribution in [3.63, 3.8) is 0 Å². The Labute approximate surface area is 196 Å². The SMILES string of the molecule is C=C1/C(=C\C=C2/CCC[C@]3(C)[C@@H]([C@H](C)CCC[C@](C)(O)C(F)(F)F)CC[C@@H]23)C[C@@H](O)C[C@@H]1O. The van der Waals surface area contributed by atoms with E-state index in [1.165, 1.54) is 5.57 Å². The molecular weight excluding hydrogens is 429 g/mol. The second-order valence-corrected chi connectivity index (χ2v) is 11.3. The van der Waals surface area contributed by atoms with Crippen LogP contribution in [0.4, 0.5) is 13.2 Å². The number of allylic oxidation sites excluding steroid dienone is 3. The highest BCUT2D eigenvalue weighted by molar-refractivity contribution is 5.38. The quantitative estimate of drug-likeness (QED) is 0.430. The van der Waals surface area contributed by atoms with Crippen LogP contribution in [0.15, 0.2) is 35.5 Å². The zero-order chi connectivity index (χ0) is 24.6. The maximum Gasteiger partial charge on any atom is 0.416 e. The number of fused-ring (bicyclic) bond motifs is 1. The first-order chi connectivity index (χ1) is 15.3. The van der Waals surface area contributed by atoms with Crippen LogP contribution in [0.25, 0.3) is 0 Å². The summed E-state index contributed by atoms with van der Waals surface area (Å²) >= 11 is 0. The molecule has 0 spiro atoms. The lowest BCUT2D eigenvalue weighted by atomic mass is 9.60. The van der Waals surface area contributed by atoms with Gasteiger partial charge in [0.1, 0.15) is 0 Å². The zero-order valence-electron chi connectivity index (χ0n) is 20.3. The smallest absolute Gasteiger partial charge is 0.393 e. The van der Waals surface area contributed by atoms with Gasteiger partial charge in [0, 0.05) is 6.42 Å². The van der Waals surface area contributed by atoms with E-state index in [1.807, 2.05) is 6.08 Å². The molecule has 0 saturated heterocycles. The molecule has 33 heavy (non-hydrogen) atoms. The Morgan fingerprint density at radius 1 is 1.21 bits per heavy atom. The van der Waals surface area contributed by atoms with Crippen molar-refractivity contribution in [3.05, 3.63) is 35.5 Å². The van der Waals surface area contributed by atoms with Crippen molar-refractivity contribution in [3.8, 4) is 0 Å². The molecule has 0 aromatic carbocycles. The van der Waals surface area contributed by atoms with Crippen LogP contribution in [-0.4, -0.2) is 39.3 Å². The number of aliphatic hydroxyl groups excluding tert-OH is 2. The minimum atomic E-state index is -4.59. The van der Waals surface area contributed by atoms with Gasteiger partial charge in [-0.2, -0.15) is 13.2 Å².